The van der Waals surface area contributed by atoms with Gasteiger partial charge in [0.1, 0.15) is 0 Å². The first kappa shape index (κ1) is 8.72. The number of ketones is 2. The van der Waals surface area contributed by atoms with Gasteiger partial charge in [-0.05, 0) is 19.8 Å². The highest BCUT2D eigenvalue weighted by Gasteiger charge is 2.41. The fraction of sp³-hybridized carbons (Fsp3) is 0.750. The maximum Gasteiger partial charge on any atom is 0.161 e. The van der Waals surface area contributed by atoms with Gasteiger partial charge in [0.25, 0.3) is 0 Å². The van der Waals surface area contributed by atoms with E-state index in [1.165, 1.54) is 6.92 Å². The predicted molar refractivity (Wildman–Crippen MR) is 42.7 cm³/mol. The highest BCUT2D eigenvalue weighted by molar-refractivity contribution is 6.46. The highest BCUT2D eigenvalue weighted by Crippen LogP contribution is 2.31. The van der Waals surface area contributed by atoms with Gasteiger partial charge in [0.2, 0.25) is 0 Å². The molecule has 0 aromatic carbocycles. The van der Waals surface area contributed by atoms with Gasteiger partial charge in [-0.2, -0.15) is 0 Å². The minimum Gasteiger partial charge on any atom is -0.298 e. The first-order chi connectivity index (χ1) is 5.07. The molecule has 0 saturated heterocycles. The molecule has 1 aliphatic rings. The Bertz CT molecular complexity index is 200. The molecule has 11 heavy (non-hydrogen) atoms. The second-order valence-electron chi connectivity index (χ2n) is 2.99. The summed E-state index contributed by atoms with van der Waals surface area (Å²) in [5.41, 5.74) is 0. The van der Waals surface area contributed by atoms with Crippen LogP contribution in [0.2, 0.25) is 0 Å². The Labute approximate surface area is 70.9 Å². The molecule has 0 bridgehead atoms. The van der Waals surface area contributed by atoms with E-state index in [1.807, 2.05) is 0 Å². The van der Waals surface area contributed by atoms with Crippen molar-refractivity contribution in [3.63, 3.8) is 0 Å². The lowest BCUT2D eigenvalue weighted by Gasteiger charge is -2.26. The van der Waals surface area contributed by atoms with Crippen LogP contribution >= 0.6 is 11.6 Å². The minimum atomic E-state index is -1.17. The summed E-state index contributed by atoms with van der Waals surface area (Å²) in [4.78, 5) is 21.0. The average Bonchev–Trinajstić information content (AvgIpc) is 1.95. The van der Waals surface area contributed by atoms with Crippen molar-refractivity contribution < 1.29 is 9.59 Å². The van der Waals surface area contributed by atoms with Crippen molar-refractivity contribution in [3.8, 4) is 0 Å². The monoisotopic (exact) mass is 174 g/mol. The van der Waals surface area contributed by atoms with Crippen LogP contribution in [0.1, 0.15) is 32.6 Å². The fourth-order valence-electron chi connectivity index (χ4n) is 1.36. The summed E-state index contributed by atoms with van der Waals surface area (Å²) >= 11 is 5.86. The van der Waals surface area contributed by atoms with Gasteiger partial charge in [-0.3, -0.25) is 9.59 Å². The van der Waals surface area contributed by atoms with Crippen LogP contribution in [0.25, 0.3) is 0 Å². The summed E-state index contributed by atoms with van der Waals surface area (Å²) in [6.45, 7) is 1.39. The van der Waals surface area contributed by atoms with Gasteiger partial charge in [-0.25, -0.2) is 0 Å². The minimum absolute atomic E-state index is 0.0992. The van der Waals surface area contributed by atoms with Crippen LogP contribution in [-0.2, 0) is 9.59 Å². The second-order valence-corrected chi connectivity index (χ2v) is 3.63. The third-order valence-electron chi connectivity index (χ3n) is 2.18. The van der Waals surface area contributed by atoms with Crippen LogP contribution in [0.3, 0.4) is 0 Å². The zero-order valence-corrected chi connectivity index (χ0v) is 7.28. The first-order valence-corrected chi connectivity index (χ1v) is 4.18. The molecule has 0 aromatic heterocycles. The summed E-state index contributed by atoms with van der Waals surface area (Å²) in [5.74, 6) is -0.304. The van der Waals surface area contributed by atoms with E-state index in [1.54, 1.807) is 0 Å². The van der Waals surface area contributed by atoms with Crippen molar-refractivity contribution in [1.82, 2.24) is 0 Å². The standard InChI is InChI=1S/C8H11ClO2/c1-6(10)8(9)5-3-2-4-7(8)11/h2-5H2,1H3. The van der Waals surface area contributed by atoms with E-state index in [0.717, 1.165) is 12.8 Å². The van der Waals surface area contributed by atoms with Crippen molar-refractivity contribution in [2.24, 2.45) is 0 Å². The molecule has 2 nitrogen and oxygen atoms in total. The van der Waals surface area contributed by atoms with E-state index in [9.17, 15) is 9.59 Å². The number of alkyl halides is 1. The molecular weight excluding hydrogens is 164 g/mol. The van der Waals surface area contributed by atoms with E-state index in [2.05, 4.69) is 0 Å². The van der Waals surface area contributed by atoms with Gasteiger partial charge in [0.15, 0.2) is 16.4 Å². The van der Waals surface area contributed by atoms with E-state index >= 15 is 0 Å². The molecule has 1 fully saturated rings. The molecule has 0 heterocycles. The normalized spacial score (nSPS) is 32.0. The lowest BCUT2D eigenvalue weighted by molar-refractivity contribution is -0.131. The lowest BCUT2D eigenvalue weighted by Crippen LogP contribution is -2.41. The topological polar surface area (TPSA) is 34.1 Å². The molecule has 1 aliphatic carbocycles. The van der Waals surface area contributed by atoms with E-state index in [4.69, 9.17) is 11.6 Å². The van der Waals surface area contributed by atoms with Crippen molar-refractivity contribution in [1.29, 1.82) is 0 Å². The van der Waals surface area contributed by atoms with Crippen LogP contribution < -0.4 is 0 Å². The third-order valence-corrected chi connectivity index (χ3v) is 2.84. The van der Waals surface area contributed by atoms with Crippen LogP contribution in [0.4, 0.5) is 0 Å². The van der Waals surface area contributed by atoms with Gasteiger partial charge in [-0.15, -0.1) is 11.6 Å². The number of halogens is 1. The number of hydrogen-bond acceptors (Lipinski definition) is 2. The Morgan fingerprint density at radius 1 is 1.55 bits per heavy atom. The molecule has 62 valence electrons. The Morgan fingerprint density at radius 3 is 2.55 bits per heavy atom. The summed E-state index contributed by atoms with van der Waals surface area (Å²) in [6.07, 6.45) is 2.74. The average molecular weight is 175 g/mol. The maximum absolute atomic E-state index is 11.2. The van der Waals surface area contributed by atoms with E-state index in [-0.39, 0.29) is 11.6 Å². The van der Waals surface area contributed by atoms with Crippen LogP contribution in [-0.4, -0.2) is 16.4 Å². The highest BCUT2D eigenvalue weighted by atomic mass is 35.5. The molecule has 0 aliphatic heterocycles. The Hall–Kier alpha value is -0.370. The SMILES string of the molecule is CC(=O)C1(Cl)CCCCC1=O. The van der Waals surface area contributed by atoms with Crippen molar-refractivity contribution >= 4 is 23.2 Å². The molecule has 1 rings (SSSR count). The summed E-state index contributed by atoms with van der Waals surface area (Å²) < 4.78 is 0. The van der Waals surface area contributed by atoms with Gasteiger partial charge in [-0.1, -0.05) is 6.42 Å². The molecule has 1 atom stereocenters. The maximum atomic E-state index is 11.2. The molecule has 0 N–H and O–H groups in total. The molecule has 1 unspecified atom stereocenters. The summed E-state index contributed by atoms with van der Waals surface area (Å²) in [7, 11) is 0. The van der Waals surface area contributed by atoms with Crippen LogP contribution in [0, 0.1) is 0 Å². The van der Waals surface area contributed by atoms with Gasteiger partial charge < -0.3 is 0 Å². The third kappa shape index (κ3) is 1.45. The summed E-state index contributed by atoms with van der Waals surface area (Å²) in [6, 6.07) is 0. The predicted octanol–water partition coefficient (Wildman–Crippen LogP) is 1.70. The lowest BCUT2D eigenvalue weighted by atomic mass is 9.84. The van der Waals surface area contributed by atoms with Crippen molar-refractivity contribution in [2.75, 3.05) is 0 Å². The Kier molecular flexibility index (Phi) is 2.33. The number of carbonyl (C=O) groups excluding carboxylic acids is 2. The second kappa shape index (κ2) is 2.94. The summed E-state index contributed by atoms with van der Waals surface area (Å²) in [5, 5.41) is 0. The molecule has 0 spiro atoms. The van der Waals surface area contributed by atoms with Crippen LogP contribution in [0.5, 0.6) is 0 Å². The zero-order valence-electron chi connectivity index (χ0n) is 6.52. The molecular formula is C8H11ClO2. The molecule has 3 heteroatoms. The number of hydrogen-bond donors (Lipinski definition) is 0. The molecule has 1 saturated carbocycles. The smallest absolute Gasteiger partial charge is 0.161 e. The number of rotatable bonds is 1. The fourth-order valence-corrected chi connectivity index (χ4v) is 1.59. The van der Waals surface area contributed by atoms with Gasteiger partial charge >= 0.3 is 0 Å². The molecule has 0 amide bonds. The van der Waals surface area contributed by atoms with Gasteiger partial charge in [0.05, 0.1) is 0 Å². The quantitative estimate of drug-likeness (QED) is 0.448. The van der Waals surface area contributed by atoms with E-state index in [0.29, 0.717) is 12.8 Å². The number of carbonyl (C=O) groups is 2. The zero-order chi connectivity index (χ0) is 8.48. The Morgan fingerprint density at radius 2 is 2.18 bits per heavy atom. The largest absolute Gasteiger partial charge is 0.298 e. The van der Waals surface area contributed by atoms with Crippen molar-refractivity contribution in [2.45, 2.75) is 37.5 Å². The number of Topliss-reactive ketones (excluding diaryl/α,β-unsaturated/α-hetero) is 2. The van der Waals surface area contributed by atoms with Crippen LogP contribution in [0.15, 0.2) is 0 Å². The van der Waals surface area contributed by atoms with Gasteiger partial charge in [0, 0.05) is 6.42 Å². The first-order valence-electron chi connectivity index (χ1n) is 3.80. The molecule has 0 radical (unpaired) electrons. The Balaban J connectivity index is 2.81. The van der Waals surface area contributed by atoms with Crippen molar-refractivity contribution in [3.05, 3.63) is 0 Å². The molecule has 0 aromatic rings. The van der Waals surface area contributed by atoms with E-state index < -0.39 is 4.87 Å².